The first-order chi connectivity index (χ1) is 10.3. The molecule has 2 aliphatic heterocycles. The number of rotatable bonds is 4. The summed E-state index contributed by atoms with van der Waals surface area (Å²) in [5.74, 6) is -0.0167. The van der Waals surface area contributed by atoms with Gasteiger partial charge in [0, 0.05) is 38.3 Å². The third kappa shape index (κ3) is 3.87. The summed E-state index contributed by atoms with van der Waals surface area (Å²) in [6, 6.07) is -0.0519. The number of amides is 4. The summed E-state index contributed by atoms with van der Waals surface area (Å²) in [5.41, 5.74) is 0.221. The molecule has 0 saturated carbocycles. The molecule has 1 N–H and O–H groups in total. The van der Waals surface area contributed by atoms with Gasteiger partial charge in [-0.15, -0.1) is 0 Å². The lowest BCUT2D eigenvalue weighted by atomic mass is 9.80. The molecule has 6 nitrogen and oxygen atoms in total. The molecule has 0 unspecified atom stereocenters. The summed E-state index contributed by atoms with van der Waals surface area (Å²) in [6.07, 6.45) is 4.16. The Morgan fingerprint density at radius 3 is 2.45 bits per heavy atom. The maximum absolute atomic E-state index is 12.1. The van der Waals surface area contributed by atoms with Crippen LogP contribution in [-0.2, 0) is 9.59 Å². The third-order valence-electron chi connectivity index (χ3n) is 4.44. The Hall–Kier alpha value is -1.85. The molecule has 6 heteroatoms. The maximum Gasteiger partial charge on any atom is 0.317 e. The van der Waals surface area contributed by atoms with Gasteiger partial charge in [-0.3, -0.25) is 14.5 Å². The van der Waals surface area contributed by atoms with Crippen molar-refractivity contribution in [3.63, 3.8) is 0 Å². The van der Waals surface area contributed by atoms with Crippen molar-refractivity contribution in [3.8, 4) is 0 Å². The van der Waals surface area contributed by atoms with Gasteiger partial charge in [-0.1, -0.05) is 20.8 Å². The topological polar surface area (TPSA) is 69.7 Å². The van der Waals surface area contributed by atoms with Crippen LogP contribution in [0.15, 0.2) is 12.2 Å². The summed E-state index contributed by atoms with van der Waals surface area (Å²) >= 11 is 0. The van der Waals surface area contributed by atoms with Gasteiger partial charge < -0.3 is 10.2 Å². The van der Waals surface area contributed by atoms with E-state index in [2.05, 4.69) is 26.1 Å². The Bertz CT molecular complexity index is 475. The number of carbonyl (C=O) groups excluding carboxylic acids is 3. The minimum Gasteiger partial charge on any atom is -0.338 e. The van der Waals surface area contributed by atoms with Gasteiger partial charge in [-0.2, -0.15) is 0 Å². The second-order valence-corrected chi connectivity index (χ2v) is 7.04. The Morgan fingerprint density at radius 2 is 1.91 bits per heavy atom. The van der Waals surface area contributed by atoms with Crippen LogP contribution in [0.3, 0.4) is 0 Å². The molecule has 0 aliphatic carbocycles. The lowest BCUT2D eigenvalue weighted by molar-refractivity contribution is -0.136. The van der Waals surface area contributed by atoms with Crippen LogP contribution >= 0.6 is 0 Å². The molecule has 0 spiro atoms. The van der Waals surface area contributed by atoms with E-state index in [-0.39, 0.29) is 23.3 Å². The highest BCUT2D eigenvalue weighted by atomic mass is 16.2. The lowest BCUT2D eigenvalue weighted by Gasteiger charge is -2.27. The monoisotopic (exact) mass is 307 g/mol. The summed E-state index contributed by atoms with van der Waals surface area (Å²) < 4.78 is 0. The fourth-order valence-corrected chi connectivity index (χ4v) is 2.85. The maximum atomic E-state index is 12.1. The predicted octanol–water partition coefficient (Wildman–Crippen LogP) is 1.38. The zero-order valence-electron chi connectivity index (χ0n) is 13.6. The van der Waals surface area contributed by atoms with E-state index >= 15 is 0 Å². The van der Waals surface area contributed by atoms with Gasteiger partial charge in [0.05, 0.1) is 0 Å². The van der Waals surface area contributed by atoms with E-state index in [0.29, 0.717) is 25.4 Å². The van der Waals surface area contributed by atoms with E-state index in [4.69, 9.17) is 0 Å². The number of hydrogen-bond acceptors (Lipinski definition) is 3. The van der Waals surface area contributed by atoms with Crippen molar-refractivity contribution < 1.29 is 14.4 Å². The molecule has 1 atom stereocenters. The molecule has 0 bridgehead atoms. The van der Waals surface area contributed by atoms with Crippen LogP contribution < -0.4 is 5.32 Å². The molecule has 2 aliphatic rings. The molecular weight excluding hydrogens is 282 g/mol. The standard InChI is InChI=1S/C16H25N3O3/c1-16(2,3)12-7-10-18(11-12)15(22)17-8-4-9-19-13(20)5-6-14(19)21/h5-6,12H,4,7-11H2,1-3H3,(H,17,22)/t12-/m0/s1. The molecule has 0 aromatic carbocycles. The van der Waals surface area contributed by atoms with Crippen LogP contribution in [0.25, 0.3) is 0 Å². The van der Waals surface area contributed by atoms with Crippen molar-refractivity contribution in [1.29, 1.82) is 0 Å². The van der Waals surface area contributed by atoms with E-state index in [1.54, 1.807) is 0 Å². The number of nitrogens with zero attached hydrogens (tertiary/aromatic N) is 2. The quantitative estimate of drug-likeness (QED) is 0.630. The number of nitrogens with one attached hydrogen (secondary N) is 1. The number of hydrogen-bond donors (Lipinski definition) is 1. The van der Waals surface area contributed by atoms with Crippen molar-refractivity contribution in [3.05, 3.63) is 12.2 Å². The van der Waals surface area contributed by atoms with Gasteiger partial charge in [0.25, 0.3) is 11.8 Å². The van der Waals surface area contributed by atoms with Crippen molar-refractivity contribution in [2.75, 3.05) is 26.2 Å². The molecule has 22 heavy (non-hydrogen) atoms. The van der Waals surface area contributed by atoms with Crippen LogP contribution in [-0.4, -0.2) is 53.8 Å². The smallest absolute Gasteiger partial charge is 0.317 e. The summed E-state index contributed by atoms with van der Waals surface area (Å²) in [7, 11) is 0. The summed E-state index contributed by atoms with van der Waals surface area (Å²) in [6.45, 7) is 9.01. The minimum absolute atomic E-state index is 0.0519. The van der Waals surface area contributed by atoms with Crippen LogP contribution in [0.4, 0.5) is 4.79 Å². The van der Waals surface area contributed by atoms with Gasteiger partial charge in [0.2, 0.25) is 0 Å². The molecule has 0 aromatic rings. The van der Waals surface area contributed by atoms with Gasteiger partial charge in [-0.05, 0) is 24.2 Å². The first-order valence-corrected chi connectivity index (χ1v) is 7.85. The second-order valence-electron chi connectivity index (χ2n) is 7.04. The highest BCUT2D eigenvalue weighted by molar-refractivity contribution is 6.12. The first-order valence-electron chi connectivity index (χ1n) is 7.85. The SMILES string of the molecule is CC(C)(C)[C@H]1CCN(C(=O)NCCCN2C(=O)C=CC2=O)C1. The summed E-state index contributed by atoms with van der Waals surface area (Å²) in [5, 5.41) is 2.87. The highest BCUT2D eigenvalue weighted by Gasteiger charge is 2.33. The number of likely N-dealkylation sites (tertiary alicyclic amines) is 1. The van der Waals surface area contributed by atoms with E-state index < -0.39 is 0 Å². The Balaban J connectivity index is 1.67. The first kappa shape index (κ1) is 16.5. The Morgan fingerprint density at radius 1 is 1.27 bits per heavy atom. The number of imide groups is 1. The van der Waals surface area contributed by atoms with E-state index in [0.717, 1.165) is 19.5 Å². The molecular formula is C16H25N3O3. The Kier molecular flexibility index (Phi) is 4.88. The molecule has 4 amide bonds. The van der Waals surface area contributed by atoms with Gasteiger partial charge in [0.15, 0.2) is 0 Å². The minimum atomic E-state index is -0.274. The van der Waals surface area contributed by atoms with Crippen LogP contribution in [0.5, 0.6) is 0 Å². The molecule has 0 aromatic heterocycles. The third-order valence-corrected chi connectivity index (χ3v) is 4.44. The van der Waals surface area contributed by atoms with E-state index in [1.807, 2.05) is 4.90 Å². The largest absolute Gasteiger partial charge is 0.338 e. The van der Waals surface area contributed by atoms with Gasteiger partial charge in [0.1, 0.15) is 0 Å². The molecule has 0 radical (unpaired) electrons. The van der Waals surface area contributed by atoms with Crippen molar-refractivity contribution in [2.24, 2.45) is 11.3 Å². The Labute approximate surface area is 131 Å². The van der Waals surface area contributed by atoms with Crippen molar-refractivity contribution in [2.45, 2.75) is 33.6 Å². The summed E-state index contributed by atoms with van der Waals surface area (Å²) in [4.78, 5) is 37.9. The fraction of sp³-hybridized carbons (Fsp3) is 0.688. The van der Waals surface area contributed by atoms with Gasteiger partial charge >= 0.3 is 6.03 Å². The van der Waals surface area contributed by atoms with Crippen LogP contribution in [0.1, 0.15) is 33.6 Å². The molecule has 2 rings (SSSR count). The average Bonchev–Trinajstić information content (AvgIpc) is 3.04. The number of carbonyl (C=O) groups is 3. The second kappa shape index (κ2) is 6.50. The highest BCUT2D eigenvalue weighted by Crippen LogP contribution is 2.33. The van der Waals surface area contributed by atoms with Crippen LogP contribution in [0.2, 0.25) is 0 Å². The zero-order valence-corrected chi connectivity index (χ0v) is 13.6. The molecule has 2 heterocycles. The molecule has 1 fully saturated rings. The normalized spacial score (nSPS) is 21.9. The predicted molar refractivity (Wildman–Crippen MR) is 83.0 cm³/mol. The number of urea groups is 1. The van der Waals surface area contributed by atoms with Gasteiger partial charge in [-0.25, -0.2) is 4.79 Å². The molecule has 122 valence electrons. The van der Waals surface area contributed by atoms with Crippen molar-refractivity contribution in [1.82, 2.24) is 15.1 Å². The zero-order chi connectivity index (χ0) is 16.3. The van der Waals surface area contributed by atoms with Crippen molar-refractivity contribution >= 4 is 17.8 Å². The lowest BCUT2D eigenvalue weighted by Crippen LogP contribution is -2.40. The van der Waals surface area contributed by atoms with E-state index in [1.165, 1.54) is 17.1 Å². The fourth-order valence-electron chi connectivity index (χ4n) is 2.85. The van der Waals surface area contributed by atoms with Crippen LogP contribution in [0, 0.1) is 11.3 Å². The molecule has 1 saturated heterocycles. The average molecular weight is 307 g/mol. The van der Waals surface area contributed by atoms with E-state index in [9.17, 15) is 14.4 Å².